The van der Waals surface area contributed by atoms with Crippen molar-refractivity contribution in [3.8, 4) is 0 Å². The Morgan fingerprint density at radius 1 is 1.41 bits per heavy atom. The molecule has 1 saturated heterocycles. The van der Waals surface area contributed by atoms with Gasteiger partial charge in [-0.15, -0.1) is 0 Å². The van der Waals surface area contributed by atoms with Crippen LogP contribution in [0.2, 0.25) is 0 Å². The Morgan fingerprint density at radius 3 is 2.71 bits per heavy atom. The van der Waals surface area contributed by atoms with E-state index in [2.05, 4.69) is 5.32 Å². The van der Waals surface area contributed by atoms with E-state index >= 15 is 0 Å². The second kappa shape index (κ2) is 4.39. The highest BCUT2D eigenvalue weighted by Gasteiger charge is 2.44. The summed E-state index contributed by atoms with van der Waals surface area (Å²) in [6.07, 6.45) is -0.0403. The van der Waals surface area contributed by atoms with Gasteiger partial charge in [0.1, 0.15) is 12.5 Å². The number of benzene rings is 1. The third-order valence-electron chi connectivity index (χ3n) is 3.03. The Hall–Kier alpha value is -1.52. The number of hydrogen-bond donors (Lipinski definition) is 1. The number of amides is 1. The summed E-state index contributed by atoms with van der Waals surface area (Å²) in [7, 11) is 0. The molecule has 17 heavy (non-hydrogen) atoms. The first-order chi connectivity index (χ1) is 8.07. The molecule has 0 radical (unpaired) electrons. The van der Waals surface area contributed by atoms with Gasteiger partial charge in [0.15, 0.2) is 0 Å². The van der Waals surface area contributed by atoms with Gasteiger partial charge in [-0.1, -0.05) is 18.2 Å². The van der Waals surface area contributed by atoms with Crippen molar-refractivity contribution in [3.63, 3.8) is 0 Å². The summed E-state index contributed by atoms with van der Waals surface area (Å²) in [5.41, 5.74) is -2.15. The van der Waals surface area contributed by atoms with Gasteiger partial charge in [-0.05, 0) is 18.9 Å². The van der Waals surface area contributed by atoms with Crippen molar-refractivity contribution in [2.24, 2.45) is 0 Å². The van der Waals surface area contributed by atoms with Gasteiger partial charge < -0.3 is 5.32 Å². The van der Waals surface area contributed by atoms with E-state index in [-0.39, 0.29) is 12.8 Å². The first kappa shape index (κ1) is 12.0. The number of carbonyl (C=O) groups excluding carboxylic acids is 1. The third kappa shape index (κ3) is 2.14. The third-order valence-corrected chi connectivity index (χ3v) is 3.03. The van der Waals surface area contributed by atoms with Crippen LogP contribution in [0.3, 0.4) is 0 Å². The fourth-order valence-electron chi connectivity index (χ4n) is 1.96. The second-order valence-corrected chi connectivity index (χ2v) is 4.19. The summed E-state index contributed by atoms with van der Waals surface area (Å²) in [4.78, 5) is 11.4. The molecule has 1 fully saturated rings. The summed E-state index contributed by atoms with van der Waals surface area (Å²) in [6.45, 7) is -1.34. The molecule has 1 heterocycles. The van der Waals surface area contributed by atoms with Gasteiger partial charge in [0.2, 0.25) is 5.67 Å². The molecule has 0 aliphatic carbocycles. The number of carbonyl (C=O) groups is 1. The lowest BCUT2D eigenvalue weighted by Gasteiger charge is -2.32. The van der Waals surface area contributed by atoms with Gasteiger partial charge >= 0.3 is 0 Å². The zero-order valence-corrected chi connectivity index (χ0v) is 9.05. The molecular formula is C12H12F3NO. The predicted octanol–water partition coefficient (Wildman–Crippen LogP) is 2.45. The molecule has 2 rings (SSSR count). The first-order valence-corrected chi connectivity index (χ1v) is 5.37. The Balaban J connectivity index is 2.18. The number of piperidine rings is 1. The van der Waals surface area contributed by atoms with E-state index in [1.807, 2.05) is 0 Å². The van der Waals surface area contributed by atoms with Gasteiger partial charge in [0.05, 0.1) is 6.04 Å². The topological polar surface area (TPSA) is 29.1 Å². The molecule has 1 aromatic rings. The van der Waals surface area contributed by atoms with E-state index in [1.165, 1.54) is 18.2 Å². The van der Waals surface area contributed by atoms with E-state index < -0.39 is 30.1 Å². The van der Waals surface area contributed by atoms with Crippen LogP contribution >= 0.6 is 0 Å². The van der Waals surface area contributed by atoms with Crippen LogP contribution in [0.5, 0.6) is 0 Å². The maximum absolute atomic E-state index is 13.6. The van der Waals surface area contributed by atoms with Gasteiger partial charge in [0.25, 0.3) is 5.91 Å². The minimum absolute atomic E-state index is 0.188. The van der Waals surface area contributed by atoms with Crippen LogP contribution in [0.4, 0.5) is 13.2 Å². The van der Waals surface area contributed by atoms with E-state index in [1.54, 1.807) is 6.07 Å². The number of hydrogen-bond acceptors (Lipinski definition) is 1. The molecule has 0 saturated carbocycles. The quantitative estimate of drug-likeness (QED) is 0.849. The Labute approximate surface area is 96.8 Å². The van der Waals surface area contributed by atoms with E-state index in [0.717, 1.165) is 0 Å². The molecule has 5 heteroatoms. The van der Waals surface area contributed by atoms with Crippen LogP contribution in [0.1, 0.15) is 24.4 Å². The van der Waals surface area contributed by atoms with Crippen molar-refractivity contribution >= 4 is 5.91 Å². The lowest BCUT2D eigenvalue weighted by Crippen LogP contribution is -2.51. The Morgan fingerprint density at radius 2 is 2.12 bits per heavy atom. The zero-order chi connectivity index (χ0) is 12.5. The zero-order valence-electron chi connectivity index (χ0n) is 9.05. The van der Waals surface area contributed by atoms with E-state index in [4.69, 9.17) is 0 Å². The largest absolute Gasteiger partial charge is 0.346 e. The molecule has 92 valence electrons. The highest BCUT2D eigenvalue weighted by atomic mass is 19.2. The molecule has 1 amide bonds. The fraction of sp³-hybridized carbons (Fsp3) is 0.417. The van der Waals surface area contributed by atoms with Gasteiger partial charge in [0, 0.05) is 5.56 Å². The van der Waals surface area contributed by atoms with Crippen LogP contribution in [-0.2, 0) is 4.79 Å². The van der Waals surface area contributed by atoms with Crippen LogP contribution in [-0.4, -0.2) is 18.3 Å². The number of halogens is 3. The average Bonchev–Trinajstić information content (AvgIpc) is 2.34. The van der Waals surface area contributed by atoms with Crippen molar-refractivity contribution in [2.75, 3.05) is 6.67 Å². The van der Waals surface area contributed by atoms with Crippen LogP contribution in [0.25, 0.3) is 0 Å². The SMILES string of the molecule is O=C1NC(c2ccccc2F)CCC1(F)CF. The molecule has 2 unspecified atom stereocenters. The molecule has 1 aliphatic heterocycles. The number of rotatable bonds is 2. The minimum atomic E-state index is -2.46. The van der Waals surface area contributed by atoms with Crippen molar-refractivity contribution in [2.45, 2.75) is 24.6 Å². The second-order valence-electron chi connectivity index (χ2n) is 4.19. The molecular weight excluding hydrogens is 231 g/mol. The standard InChI is InChI=1S/C12H12F3NO/c13-7-12(15)6-5-10(16-11(12)17)8-3-1-2-4-9(8)14/h1-4,10H,5-7H2,(H,16,17). The lowest BCUT2D eigenvalue weighted by atomic mass is 9.89. The van der Waals surface area contributed by atoms with E-state index in [9.17, 15) is 18.0 Å². The van der Waals surface area contributed by atoms with Crippen molar-refractivity contribution in [1.82, 2.24) is 5.32 Å². The molecule has 0 bridgehead atoms. The van der Waals surface area contributed by atoms with Gasteiger partial charge in [-0.3, -0.25) is 4.79 Å². The molecule has 1 N–H and O–H groups in total. The van der Waals surface area contributed by atoms with Gasteiger partial charge in [-0.25, -0.2) is 13.2 Å². The first-order valence-electron chi connectivity index (χ1n) is 5.37. The number of alkyl halides is 2. The predicted molar refractivity (Wildman–Crippen MR) is 56.3 cm³/mol. The fourth-order valence-corrected chi connectivity index (χ4v) is 1.96. The van der Waals surface area contributed by atoms with Crippen LogP contribution in [0, 0.1) is 5.82 Å². The van der Waals surface area contributed by atoms with E-state index in [0.29, 0.717) is 5.56 Å². The Kier molecular flexibility index (Phi) is 3.09. The average molecular weight is 243 g/mol. The molecule has 2 nitrogen and oxygen atoms in total. The summed E-state index contributed by atoms with van der Waals surface area (Å²) in [5, 5.41) is 2.32. The molecule has 1 aliphatic rings. The summed E-state index contributed by atoms with van der Waals surface area (Å²) >= 11 is 0. The van der Waals surface area contributed by atoms with Crippen LogP contribution in [0.15, 0.2) is 24.3 Å². The highest BCUT2D eigenvalue weighted by molar-refractivity contribution is 5.86. The Bertz CT molecular complexity index is 438. The summed E-state index contributed by atoms with van der Waals surface area (Å²) in [5.74, 6) is -1.45. The summed E-state index contributed by atoms with van der Waals surface area (Å²) in [6, 6.07) is 5.38. The molecule has 0 aromatic heterocycles. The van der Waals surface area contributed by atoms with Crippen molar-refractivity contribution in [3.05, 3.63) is 35.6 Å². The normalized spacial score (nSPS) is 28.9. The van der Waals surface area contributed by atoms with Crippen molar-refractivity contribution in [1.29, 1.82) is 0 Å². The lowest BCUT2D eigenvalue weighted by molar-refractivity contribution is -0.138. The smallest absolute Gasteiger partial charge is 0.260 e. The van der Waals surface area contributed by atoms with Crippen molar-refractivity contribution < 1.29 is 18.0 Å². The monoisotopic (exact) mass is 243 g/mol. The maximum atomic E-state index is 13.6. The van der Waals surface area contributed by atoms with Crippen LogP contribution < -0.4 is 5.32 Å². The minimum Gasteiger partial charge on any atom is -0.346 e. The maximum Gasteiger partial charge on any atom is 0.260 e. The van der Waals surface area contributed by atoms with Gasteiger partial charge in [-0.2, -0.15) is 0 Å². The highest BCUT2D eigenvalue weighted by Crippen LogP contribution is 2.32. The molecule has 1 aromatic carbocycles. The molecule has 2 atom stereocenters. The number of nitrogens with one attached hydrogen (secondary N) is 1. The molecule has 0 spiro atoms. The summed E-state index contributed by atoms with van der Waals surface area (Å²) < 4.78 is 39.5.